The Kier molecular flexibility index (Phi) is 20.4. The van der Waals surface area contributed by atoms with Crippen molar-refractivity contribution in [2.45, 2.75) is 85.7 Å². The van der Waals surface area contributed by atoms with Crippen LogP contribution in [0.15, 0.2) is 60.7 Å². The minimum atomic E-state index is -2.54. The quantitative estimate of drug-likeness (QED) is 0.141. The maximum Gasteiger partial charge on any atom is 0.501 e. The van der Waals surface area contributed by atoms with Crippen LogP contribution in [-0.2, 0) is 39.4 Å². The van der Waals surface area contributed by atoms with Gasteiger partial charge < -0.3 is 26.6 Å². The van der Waals surface area contributed by atoms with Crippen LogP contribution in [-0.4, -0.2) is 57.3 Å². The molecular formula is C31H54O6Si2. The van der Waals surface area contributed by atoms with Crippen molar-refractivity contribution in [2.75, 3.05) is 39.6 Å². The largest absolute Gasteiger partial charge is 0.501 e. The van der Waals surface area contributed by atoms with Crippen LogP contribution in [0.4, 0.5) is 0 Å². The van der Waals surface area contributed by atoms with Crippen LogP contribution in [0.2, 0.25) is 12.1 Å². The molecule has 0 heterocycles. The van der Waals surface area contributed by atoms with Gasteiger partial charge in [0.25, 0.3) is 0 Å². The second-order valence-corrected chi connectivity index (χ2v) is 14.6. The summed E-state index contributed by atoms with van der Waals surface area (Å²) in [6, 6.07) is 22.6. The summed E-state index contributed by atoms with van der Waals surface area (Å²) in [6.07, 6.45) is 4.86. The second-order valence-electron chi connectivity index (χ2n) is 9.18. The zero-order valence-electron chi connectivity index (χ0n) is 25.4. The Hall–Kier alpha value is -1.37. The summed E-state index contributed by atoms with van der Waals surface area (Å²) in [5.41, 5.74) is 2.61. The summed E-state index contributed by atoms with van der Waals surface area (Å²) in [4.78, 5) is 0. The van der Waals surface area contributed by atoms with Crippen molar-refractivity contribution in [3.8, 4) is 0 Å². The van der Waals surface area contributed by atoms with Gasteiger partial charge in [0.1, 0.15) is 0 Å². The van der Waals surface area contributed by atoms with Gasteiger partial charge in [-0.2, -0.15) is 0 Å². The third-order valence-corrected chi connectivity index (χ3v) is 11.6. The molecule has 2 rings (SSSR count). The van der Waals surface area contributed by atoms with Crippen LogP contribution < -0.4 is 0 Å². The van der Waals surface area contributed by atoms with Crippen LogP contribution in [0.25, 0.3) is 0 Å². The number of benzene rings is 2. The van der Waals surface area contributed by atoms with Crippen molar-refractivity contribution in [1.82, 2.24) is 0 Å². The fourth-order valence-corrected chi connectivity index (χ4v) is 9.42. The van der Waals surface area contributed by atoms with Gasteiger partial charge in [-0.25, -0.2) is 0 Å². The van der Waals surface area contributed by atoms with E-state index in [1.165, 1.54) is 11.1 Å². The normalized spacial score (nSPS) is 11.7. The maximum absolute atomic E-state index is 6.10. The van der Waals surface area contributed by atoms with E-state index < -0.39 is 17.6 Å². The van der Waals surface area contributed by atoms with Gasteiger partial charge >= 0.3 is 17.6 Å². The molecule has 2 aromatic rings. The Morgan fingerprint density at radius 2 is 0.744 bits per heavy atom. The molecule has 39 heavy (non-hydrogen) atoms. The molecule has 0 amide bonds. The number of aryl methyl sites for hydroxylation is 2. The van der Waals surface area contributed by atoms with Crippen molar-refractivity contribution >= 4 is 17.6 Å². The molecule has 222 valence electrons. The van der Waals surface area contributed by atoms with Gasteiger partial charge in [0.2, 0.25) is 0 Å². The molecular weight excluding hydrogens is 525 g/mol. The van der Waals surface area contributed by atoms with Gasteiger partial charge in [0.05, 0.1) is 0 Å². The fraction of sp³-hybridized carbons (Fsp3) is 0.613. The Labute approximate surface area is 241 Å². The van der Waals surface area contributed by atoms with E-state index in [9.17, 15) is 0 Å². The number of rotatable bonds is 21. The molecule has 0 atom stereocenters. The van der Waals surface area contributed by atoms with Crippen molar-refractivity contribution < 1.29 is 26.6 Å². The van der Waals surface area contributed by atoms with E-state index in [-0.39, 0.29) is 0 Å². The summed E-state index contributed by atoms with van der Waals surface area (Å²) >= 11 is 0. The number of hydrogen-bond donors (Lipinski definition) is 0. The Morgan fingerprint density at radius 3 is 1.03 bits per heavy atom. The molecule has 0 aromatic heterocycles. The first-order chi connectivity index (χ1) is 19.0. The highest BCUT2D eigenvalue weighted by molar-refractivity contribution is 6.61. The first kappa shape index (κ1) is 35.7. The molecule has 0 saturated carbocycles. The van der Waals surface area contributed by atoms with E-state index in [4.69, 9.17) is 26.6 Å². The summed E-state index contributed by atoms with van der Waals surface area (Å²) in [6.45, 7) is 16.4. The van der Waals surface area contributed by atoms with E-state index in [0.717, 1.165) is 44.2 Å². The second kappa shape index (κ2) is 22.3. The summed E-state index contributed by atoms with van der Waals surface area (Å²) in [5.74, 6) is 0. The van der Waals surface area contributed by atoms with E-state index in [1.807, 2.05) is 32.9 Å². The fourth-order valence-electron chi connectivity index (χ4n) is 4.00. The Balaban J connectivity index is 0.000000395. The predicted molar refractivity (Wildman–Crippen MR) is 165 cm³/mol. The van der Waals surface area contributed by atoms with E-state index in [2.05, 4.69) is 69.3 Å². The molecule has 0 bridgehead atoms. The highest BCUT2D eigenvalue weighted by Gasteiger charge is 2.41. The van der Waals surface area contributed by atoms with Crippen LogP contribution in [0.1, 0.15) is 71.9 Å². The van der Waals surface area contributed by atoms with Crippen LogP contribution in [0.5, 0.6) is 0 Å². The van der Waals surface area contributed by atoms with Crippen LogP contribution in [0.3, 0.4) is 0 Å². The summed E-state index contributed by atoms with van der Waals surface area (Å²) < 4.78 is 35.8. The lowest BCUT2D eigenvalue weighted by atomic mass is 10.2. The third-order valence-electron chi connectivity index (χ3n) is 5.80. The van der Waals surface area contributed by atoms with E-state index >= 15 is 0 Å². The van der Waals surface area contributed by atoms with Gasteiger partial charge in [-0.3, -0.25) is 0 Å². The molecule has 0 unspecified atom stereocenters. The van der Waals surface area contributed by atoms with Gasteiger partial charge in [-0.05, 0) is 64.0 Å². The molecule has 0 radical (unpaired) electrons. The molecule has 6 nitrogen and oxygen atoms in total. The average Bonchev–Trinajstić information content (AvgIpc) is 2.97. The van der Waals surface area contributed by atoms with Crippen LogP contribution in [0, 0.1) is 0 Å². The van der Waals surface area contributed by atoms with Gasteiger partial charge in [-0.1, -0.05) is 81.4 Å². The lowest BCUT2D eigenvalue weighted by Crippen LogP contribution is -2.47. The van der Waals surface area contributed by atoms with Gasteiger partial charge in [-0.15, -0.1) is 0 Å². The van der Waals surface area contributed by atoms with E-state index in [1.54, 1.807) is 0 Å². The first-order valence-electron chi connectivity index (χ1n) is 14.9. The highest BCUT2D eigenvalue weighted by atomic mass is 28.4. The Bertz CT molecular complexity index is 770. The Morgan fingerprint density at radius 1 is 0.436 bits per heavy atom. The van der Waals surface area contributed by atoms with E-state index in [0.29, 0.717) is 39.6 Å². The van der Waals surface area contributed by atoms with Crippen molar-refractivity contribution in [3.05, 3.63) is 71.8 Å². The molecule has 0 N–H and O–H groups in total. The first-order valence-corrected chi connectivity index (χ1v) is 18.8. The SMILES string of the molecule is CCCO[Si](CCc1ccccc1)(OCCC)OCCC.CCO[Si](CCc1ccccc1)(OCC)OCC. The lowest BCUT2D eigenvalue weighted by molar-refractivity contribution is 0.0593. The molecule has 8 heteroatoms. The summed E-state index contributed by atoms with van der Waals surface area (Å²) in [5, 5.41) is 0. The van der Waals surface area contributed by atoms with Crippen molar-refractivity contribution in [3.63, 3.8) is 0 Å². The molecule has 0 aliphatic carbocycles. The summed E-state index contributed by atoms with van der Waals surface area (Å²) in [7, 11) is -5.02. The van der Waals surface area contributed by atoms with Gasteiger partial charge in [0, 0.05) is 51.7 Å². The smallest absolute Gasteiger partial charge is 0.374 e. The molecule has 0 aliphatic rings. The van der Waals surface area contributed by atoms with Gasteiger partial charge in [0.15, 0.2) is 0 Å². The number of hydrogen-bond acceptors (Lipinski definition) is 6. The monoisotopic (exact) mass is 578 g/mol. The lowest BCUT2D eigenvalue weighted by Gasteiger charge is -2.29. The third kappa shape index (κ3) is 15.3. The minimum Gasteiger partial charge on any atom is -0.374 e. The zero-order valence-corrected chi connectivity index (χ0v) is 27.4. The van der Waals surface area contributed by atoms with Crippen molar-refractivity contribution in [1.29, 1.82) is 0 Å². The maximum atomic E-state index is 6.10. The van der Waals surface area contributed by atoms with Crippen molar-refractivity contribution in [2.24, 2.45) is 0 Å². The highest BCUT2D eigenvalue weighted by Crippen LogP contribution is 2.21. The van der Waals surface area contributed by atoms with Crippen LogP contribution >= 0.6 is 0 Å². The molecule has 0 aliphatic heterocycles. The minimum absolute atomic E-state index is 0.640. The molecule has 0 spiro atoms. The topological polar surface area (TPSA) is 55.4 Å². The molecule has 2 aromatic carbocycles. The molecule has 0 fully saturated rings. The zero-order chi connectivity index (χ0) is 28.7. The predicted octanol–water partition coefficient (Wildman–Crippen LogP) is 7.73. The average molecular weight is 579 g/mol. The molecule has 0 saturated heterocycles. The standard InChI is InChI=1S/C17H30O3Si.C14H24O3Si/c1-4-13-18-21(19-14-5-2,20-15-6-3)16-12-17-10-8-7-9-11-17;1-4-15-18(16-5-2,17-6-3)13-12-14-10-8-7-9-11-14/h7-11H,4-6,12-16H2,1-3H3;7-11H,4-6,12-13H2,1-3H3.